The number of hydrogen-bond acceptors (Lipinski definition) is 4. The molecule has 0 amide bonds. The second-order valence-electron chi connectivity index (χ2n) is 10.3. The fourth-order valence-corrected chi connectivity index (χ4v) is 4.35. The van der Waals surface area contributed by atoms with E-state index in [0.717, 1.165) is 59.3 Å². The third kappa shape index (κ3) is 30.0. The van der Waals surface area contributed by atoms with Crippen LogP contribution in [0, 0.1) is 0 Å². The highest BCUT2D eigenvalue weighted by Gasteiger charge is 2.06. The lowest BCUT2D eigenvalue weighted by atomic mass is 10.1. The Morgan fingerprint density at radius 3 is 0.857 bits per heavy atom. The third-order valence-corrected chi connectivity index (χ3v) is 6.83. The Kier molecular flexibility index (Phi) is 31.7. The van der Waals surface area contributed by atoms with Gasteiger partial charge in [-0.25, -0.2) is 0 Å². The van der Waals surface area contributed by atoms with Gasteiger partial charge in [-0.1, -0.05) is 124 Å². The SMILES string of the molecule is CCCCCCCCCOCCN(CCOCCCCCCCC)CCOCCCCCCCC. The van der Waals surface area contributed by atoms with Crippen molar-refractivity contribution in [1.82, 2.24) is 4.90 Å². The molecular formula is C31H65NO3. The van der Waals surface area contributed by atoms with E-state index in [-0.39, 0.29) is 0 Å². The van der Waals surface area contributed by atoms with Crippen LogP contribution in [-0.2, 0) is 14.2 Å². The predicted octanol–water partition coefficient (Wildman–Crippen LogP) is 8.81. The van der Waals surface area contributed by atoms with Crippen LogP contribution >= 0.6 is 0 Å². The second kappa shape index (κ2) is 31.9. The van der Waals surface area contributed by atoms with Crippen LogP contribution in [0.3, 0.4) is 0 Å². The normalized spacial score (nSPS) is 11.7. The summed E-state index contributed by atoms with van der Waals surface area (Å²) in [4.78, 5) is 2.47. The summed E-state index contributed by atoms with van der Waals surface area (Å²) >= 11 is 0. The summed E-state index contributed by atoms with van der Waals surface area (Å²) in [7, 11) is 0. The van der Waals surface area contributed by atoms with E-state index in [1.54, 1.807) is 0 Å². The van der Waals surface area contributed by atoms with Gasteiger partial charge in [0, 0.05) is 39.5 Å². The van der Waals surface area contributed by atoms with Gasteiger partial charge in [0.15, 0.2) is 0 Å². The minimum absolute atomic E-state index is 0.824. The van der Waals surface area contributed by atoms with Crippen molar-refractivity contribution in [2.75, 3.05) is 59.3 Å². The van der Waals surface area contributed by atoms with E-state index in [1.165, 1.54) is 122 Å². The molecule has 0 spiro atoms. The van der Waals surface area contributed by atoms with Crippen molar-refractivity contribution in [3.8, 4) is 0 Å². The Labute approximate surface area is 221 Å². The first-order valence-electron chi connectivity index (χ1n) is 15.8. The molecule has 0 saturated heterocycles. The lowest BCUT2D eigenvalue weighted by molar-refractivity contribution is 0.0506. The van der Waals surface area contributed by atoms with Crippen molar-refractivity contribution >= 4 is 0 Å². The van der Waals surface area contributed by atoms with Crippen molar-refractivity contribution in [3.63, 3.8) is 0 Å². The van der Waals surface area contributed by atoms with Gasteiger partial charge in [-0.05, 0) is 19.3 Å². The highest BCUT2D eigenvalue weighted by Crippen LogP contribution is 2.08. The summed E-state index contributed by atoms with van der Waals surface area (Å²) in [5, 5.41) is 0. The van der Waals surface area contributed by atoms with Crippen LogP contribution in [0.25, 0.3) is 0 Å². The van der Waals surface area contributed by atoms with Gasteiger partial charge in [0.05, 0.1) is 19.8 Å². The van der Waals surface area contributed by atoms with Gasteiger partial charge in [-0.15, -0.1) is 0 Å². The standard InChI is InChI=1S/C31H65NO3/c1-4-7-10-13-16-19-22-28-35-31-25-32(23-29-33-26-20-17-14-11-8-5-2)24-30-34-27-21-18-15-12-9-6-3/h4-31H2,1-3H3. The number of hydrogen-bond donors (Lipinski definition) is 0. The Bertz CT molecular complexity index is 345. The molecule has 35 heavy (non-hydrogen) atoms. The largest absolute Gasteiger partial charge is 0.380 e. The molecule has 0 unspecified atom stereocenters. The summed E-state index contributed by atoms with van der Waals surface area (Å²) in [6.45, 7) is 15.0. The van der Waals surface area contributed by atoms with Crippen LogP contribution < -0.4 is 0 Å². The average Bonchev–Trinajstić information content (AvgIpc) is 2.87. The van der Waals surface area contributed by atoms with Gasteiger partial charge >= 0.3 is 0 Å². The number of ether oxygens (including phenoxy) is 3. The molecule has 0 heterocycles. The van der Waals surface area contributed by atoms with E-state index >= 15 is 0 Å². The quantitative estimate of drug-likeness (QED) is 0.0891. The molecule has 4 heteroatoms. The van der Waals surface area contributed by atoms with Crippen molar-refractivity contribution in [3.05, 3.63) is 0 Å². The highest BCUT2D eigenvalue weighted by molar-refractivity contribution is 4.58. The maximum absolute atomic E-state index is 5.95. The zero-order valence-corrected chi connectivity index (χ0v) is 24.5. The predicted molar refractivity (Wildman–Crippen MR) is 154 cm³/mol. The van der Waals surface area contributed by atoms with Crippen LogP contribution in [0.15, 0.2) is 0 Å². The Morgan fingerprint density at radius 2 is 0.571 bits per heavy atom. The van der Waals surface area contributed by atoms with E-state index in [9.17, 15) is 0 Å². The molecular weight excluding hydrogens is 434 g/mol. The van der Waals surface area contributed by atoms with Gasteiger partial charge in [0.1, 0.15) is 0 Å². The number of nitrogens with zero attached hydrogens (tertiary/aromatic N) is 1. The molecule has 4 nitrogen and oxygen atoms in total. The van der Waals surface area contributed by atoms with Crippen molar-refractivity contribution in [2.45, 2.75) is 143 Å². The van der Waals surface area contributed by atoms with Crippen LogP contribution in [-0.4, -0.2) is 64.2 Å². The molecule has 0 bridgehead atoms. The maximum Gasteiger partial charge on any atom is 0.0593 e. The van der Waals surface area contributed by atoms with Gasteiger partial charge in [-0.3, -0.25) is 4.90 Å². The summed E-state index contributed by atoms with van der Waals surface area (Å²) in [6.07, 6.45) is 25.2. The zero-order valence-electron chi connectivity index (χ0n) is 24.5. The van der Waals surface area contributed by atoms with E-state index < -0.39 is 0 Å². The maximum atomic E-state index is 5.95. The Morgan fingerprint density at radius 1 is 0.314 bits per heavy atom. The molecule has 0 aliphatic carbocycles. The van der Waals surface area contributed by atoms with Crippen LogP contribution in [0.5, 0.6) is 0 Å². The first-order chi connectivity index (χ1) is 17.3. The molecule has 0 rings (SSSR count). The average molecular weight is 500 g/mol. The molecule has 0 aromatic rings. The molecule has 0 saturated carbocycles. The third-order valence-electron chi connectivity index (χ3n) is 6.83. The molecule has 0 atom stereocenters. The first-order valence-corrected chi connectivity index (χ1v) is 15.8. The first kappa shape index (κ1) is 34.8. The Balaban J connectivity index is 3.85. The fraction of sp³-hybridized carbons (Fsp3) is 1.00. The topological polar surface area (TPSA) is 30.9 Å². The summed E-state index contributed by atoms with van der Waals surface area (Å²) in [5.74, 6) is 0. The lowest BCUT2D eigenvalue weighted by Crippen LogP contribution is -2.34. The highest BCUT2D eigenvalue weighted by atomic mass is 16.5. The minimum atomic E-state index is 0.824. The van der Waals surface area contributed by atoms with Crippen molar-refractivity contribution < 1.29 is 14.2 Å². The molecule has 0 radical (unpaired) electrons. The lowest BCUT2D eigenvalue weighted by Gasteiger charge is -2.22. The van der Waals surface area contributed by atoms with E-state index in [2.05, 4.69) is 25.7 Å². The Hall–Kier alpha value is -0.160. The van der Waals surface area contributed by atoms with Gasteiger partial charge < -0.3 is 14.2 Å². The molecule has 212 valence electrons. The summed E-state index contributed by atoms with van der Waals surface area (Å²) in [6, 6.07) is 0. The van der Waals surface area contributed by atoms with Crippen molar-refractivity contribution in [2.24, 2.45) is 0 Å². The molecule has 0 aliphatic heterocycles. The van der Waals surface area contributed by atoms with Crippen LogP contribution in [0.2, 0.25) is 0 Å². The smallest absolute Gasteiger partial charge is 0.0593 e. The minimum Gasteiger partial charge on any atom is -0.380 e. The number of unbranched alkanes of at least 4 members (excludes halogenated alkanes) is 16. The molecule has 0 N–H and O–H groups in total. The van der Waals surface area contributed by atoms with Crippen LogP contribution in [0.4, 0.5) is 0 Å². The van der Waals surface area contributed by atoms with Gasteiger partial charge in [0.25, 0.3) is 0 Å². The summed E-state index contributed by atoms with van der Waals surface area (Å²) in [5.41, 5.74) is 0. The monoisotopic (exact) mass is 499 g/mol. The van der Waals surface area contributed by atoms with E-state index in [4.69, 9.17) is 14.2 Å². The molecule has 0 aromatic carbocycles. The molecule has 0 aliphatic rings. The van der Waals surface area contributed by atoms with Gasteiger partial charge in [-0.2, -0.15) is 0 Å². The number of rotatable bonds is 31. The fourth-order valence-electron chi connectivity index (χ4n) is 4.35. The molecule has 0 aromatic heterocycles. The van der Waals surface area contributed by atoms with Gasteiger partial charge in [0.2, 0.25) is 0 Å². The van der Waals surface area contributed by atoms with E-state index in [1.807, 2.05) is 0 Å². The second-order valence-corrected chi connectivity index (χ2v) is 10.3. The van der Waals surface area contributed by atoms with Crippen molar-refractivity contribution in [1.29, 1.82) is 0 Å². The van der Waals surface area contributed by atoms with E-state index in [0.29, 0.717) is 0 Å². The summed E-state index contributed by atoms with van der Waals surface area (Å²) < 4.78 is 17.8. The zero-order chi connectivity index (χ0) is 25.5. The van der Waals surface area contributed by atoms with Crippen LogP contribution in [0.1, 0.15) is 143 Å². The molecule has 0 fully saturated rings.